The summed E-state index contributed by atoms with van der Waals surface area (Å²) in [5.41, 5.74) is 3.24. The van der Waals surface area contributed by atoms with E-state index in [1.54, 1.807) is 19.4 Å². The summed E-state index contributed by atoms with van der Waals surface area (Å²) in [5, 5.41) is 12.7. The molecule has 0 unspecified atom stereocenters. The van der Waals surface area contributed by atoms with Gasteiger partial charge in [0.1, 0.15) is 12.1 Å². The van der Waals surface area contributed by atoms with E-state index < -0.39 is 5.82 Å². The van der Waals surface area contributed by atoms with E-state index >= 15 is 0 Å². The zero-order valence-electron chi connectivity index (χ0n) is 14.1. The molecule has 0 spiro atoms. The molecule has 26 heavy (non-hydrogen) atoms. The van der Waals surface area contributed by atoms with Crippen molar-refractivity contribution < 1.29 is 13.7 Å². The van der Waals surface area contributed by atoms with Crippen molar-refractivity contribution in [3.63, 3.8) is 0 Å². The van der Waals surface area contributed by atoms with Gasteiger partial charge in [-0.3, -0.25) is 4.79 Å². The molecule has 1 aromatic heterocycles. The third-order valence-electron chi connectivity index (χ3n) is 3.99. The maximum absolute atomic E-state index is 13.8. The lowest BCUT2D eigenvalue weighted by atomic mass is 10.1. The van der Waals surface area contributed by atoms with Crippen LogP contribution in [-0.2, 0) is 11.3 Å². The molecule has 3 aromatic rings. The summed E-state index contributed by atoms with van der Waals surface area (Å²) in [6, 6.07) is 13.4. The summed E-state index contributed by atoms with van der Waals surface area (Å²) < 4.78 is 18.6. The monoisotopic (exact) mass is 349 g/mol. The highest BCUT2D eigenvalue weighted by Crippen LogP contribution is 2.24. The largest absolute Gasteiger partial charge is 0.364 e. The van der Waals surface area contributed by atoms with Gasteiger partial charge in [0.25, 0.3) is 0 Å². The predicted molar refractivity (Wildman–Crippen MR) is 94.5 cm³/mol. The van der Waals surface area contributed by atoms with Crippen molar-refractivity contribution >= 4 is 11.6 Å². The predicted octanol–water partition coefficient (Wildman–Crippen LogP) is 4.30. The molecule has 6 heteroatoms. The fourth-order valence-electron chi connectivity index (χ4n) is 2.64. The van der Waals surface area contributed by atoms with E-state index in [0.29, 0.717) is 5.69 Å². The lowest BCUT2D eigenvalue weighted by Gasteiger charge is -2.23. The van der Waals surface area contributed by atoms with Gasteiger partial charge in [-0.05, 0) is 29.3 Å². The highest BCUT2D eigenvalue weighted by molar-refractivity contribution is 5.93. The van der Waals surface area contributed by atoms with Gasteiger partial charge in [0.2, 0.25) is 5.91 Å². The first kappa shape index (κ1) is 17.4. The molecule has 0 aliphatic heterocycles. The zero-order valence-corrected chi connectivity index (χ0v) is 14.1. The summed E-state index contributed by atoms with van der Waals surface area (Å²) in [4.78, 5) is 13.9. The van der Waals surface area contributed by atoms with E-state index in [0.717, 1.165) is 22.8 Å². The molecule has 1 heterocycles. The minimum Gasteiger partial charge on any atom is -0.364 e. The number of carbonyl (C=O) groups is 1. The van der Waals surface area contributed by atoms with Crippen LogP contribution in [0.25, 0.3) is 11.1 Å². The molecular formula is C20H16FN3O2. The zero-order chi connectivity index (χ0) is 18.5. The van der Waals surface area contributed by atoms with Crippen LogP contribution in [0.3, 0.4) is 0 Å². The Kier molecular flexibility index (Phi) is 5.09. The normalized spacial score (nSPS) is 10.3. The smallest absolute Gasteiger partial charge is 0.227 e. The number of halogens is 1. The van der Waals surface area contributed by atoms with Crippen LogP contribution in [0.1, 0.15) is 24.5 Å². The Hall–Kier alpha value is -3.46. The molecule has 0 saturated carbocycles. The number of benzene rings is 2. The van der Waals surface area contributed by atoms with Crippen LogP contribution in [0.2, 0.25) is 0 Å². The summed E-state index contributed by atoms with van der Waals surface area (Å²) in [5.74, 6) is -0.696. The van der Waals surface area contributed by atoms with E-state index in [9.17, 15) is 9.18 Å². The fraction of sp³-hybridized carbons (Fsp3) is 0.150. The van der Waals surface area contributed by atoms with Gasteiger partial charge in [0.05, 0.1) is 24.4 Å². The molecule has 0 aliphatic carbocycles. The van der Waals surface area contributed by atoms with Gasteiger partial charge in [-0.25, -0.2) is 4.39 Å². The Morgan fingerprint density at radius 3 is 2.62 bits per heavy atom. The number of amides is 1. The molecule has 0 atom stereocenters. The Morgan fingerprint density at radius 1 is 1.23 bits per heavy atom. The van der Waals surface area contributed by atoms with E-state index in [-0.39, 0.29) is 24.4 Å². The lowest BCUT2D eigenvalue weighted by molar-refractivity contribution is -0.118. The van der Waals surface area contributed by atoms with Crippen LogP contribution in [0.4, 0.5) is 10.1 Å². The second kappa shape index (κ2) is 7.62. The van der Waals surface area contributed by atoms with E-state index in [2.05, 4.69) is 5.16 Å². The molecule has 0 saturated heterocycles. The molecule has 130 valence electrons. The average molecular weight is 349 g/mol. The number of nitrogens with zero attached hydrogens (tertiary/aromatic N) is 3. The molecule has 0 radical (unpaired) electrons. The molecular weight excluding hydrogens is 333 g/mol. The topological polar surface area (TPSA) is 70.1 Å². The minimum absolute atomic E-state index is 0.150. The van der Waals surface area contributed by atoms with Crippen molar-refractivity contribution in [2.75, 3.05) is 4.90 Å². The Balaban J connectivity index is 1.89. The third kappa shape index (κ3) is 3.78. The van der Waals surface area contributed by atoms with Crippen LogP contribution >= 0.6 is 0 Å². The molecule has 1 amide bonds. The summed E-state index contributed by atoms with van der Waals surface area (Å²) >= 11 is 0. The number of aromatic nitrogens is 1. The third-order valence-corrected chi connectivity index (χ3v) is 3.99. The first-order valence-electron chi connectivity index (χ1n) is 8.10. The summed E-state index contributed by atoms with van der Waals surface area (Å²) in [6.45, 7) is 2.03. The molecule has 5 nitrogen and oxygen atoms in total. The number of nitriles is 1. The second-order valence-electron chi connectivity index (χ2n) is 5.75. The van der Waals surface area contributed by atoms with Crippen molar-refractivity contribution in [1.82, 2.24) is 5.16 Å². The Bertz CT molecular complexity index is 944. The van der Waals surface area contributed by atoms with Crippen LogP contribution in [-0.4, -0.2) is 11.1 Å². The number of anilines is 1. The van der Waals surface area contributed by atoms with Gasteiger partial charge in [0, 0.05) is 17.7 Å². The number of carbonyl (C=O) groups excluding carboxylic acids is 1. The van der Waals surface area contributed by atoms with Crippen LogP contribution < -0.4 is 4.90 Å². The first-order chi connectivity index (χ1) is 12.6. The maximum Gasteiger partial charge on any atom is 0.227 e. The molecule has 0 aliphatic rings. The Morgan fingerprint density at radius 2 is 2.00 bits per heavy atom. The first-order valence-corrected chi connectivity index (χ1v) is 8.10. The number of hydrogen-bond donors (Lipinski definition) is 0. The highest BCUT2D eigenvalue weighted by Gasteiger charge is 2.16. The van der Waals surface area contributed by atoms with E-state index in [1.165, 1.54) is 17.0 Å². The van der Waals surface area contributed by atoms with E-state index in [1.807, 2.05) is 30.3 Å². The fourth-order valence-corrected chi connectivity index (χ4v) is 2.64. The Labute approximate surface area is 150 Å². The van der Waals surface area contributed by atoms with Crippen molar-refractivity contribution in [3.05, 3.63) is 71.9 Å². The second-order valence-corrected chi connectivity index (χ2v) is 5.75. The SMILES string of the molecule is CCC(=O)N(Cc1ccc(-c2cnoc2)cc1)c1cc(F)cc(C#N)c1. The van der Waals surface area contributed by atoms with Gasteiger partial charge < -0.3 is 9.42 Å². The molecule has 0 fully saturated rings. The summed E-state index contributed by atoms with van der Waals surface area (Å²) in [7, 11) is 0. The van der Waals surface area contributed by atoms with Crippen molar-refractivity contribution in [2.24, 2.45) is 0 Å². The molecule has 0 N–H and O–H groups in total. The van der Waals surface area contributed by atoms with Gasteiger partial charge in [-0.15, -0.1) is 0 Å². The van der Waals surface area contributed by atoms with Gasteiger partial charge in [-0.2, -0.15) is 5.26 Å². The van der Waals surface area contributed by atoms with Gasteiger partial charge in [0.15, 0.2) is 0 Å². The van der Waals surface area contributed by atoms with Crippen LogP contribution in [0, 0.1) is 17.1 Å². The standard InChI is InChI=1S/C20H16FN3O2/c1-2-20(25)24(19-8-15(10-22)7-18(21)9-19)12-14-3-5-16(6-4-14)17-11-23-26-13-17/h3-9,11,13H,2,12H2,1H3. The highest BCUT2D eigenvalue weighted by atomic mass is 19.1. The maximum atomic E-state index is 13.8. The quantitative estimate of drug-likeness (QED) is 0.689. The average Bonchev–Trinajstić information content (AvgIpc) is 3.20. The van der Waals surface area contributed by atoms with Gasteiger partial charge in [-0.1, -0.05) is 36.3 Å². The van der Waals surface area contributed by atoms with Crippen molar-refractivity contribution in [3.8, 4) is 17.2 Å². The molecule has 2 aromatic carbocycles. The molecule has 0 bridgehead atoms. The summed E-state index contributed by atoms with van der Waals surface area (Å²) in [6.07, 6.45) is 3.45. The number of hydrogen-bond acceptors (Lipinski definition) is 4. The van der Waals surface area contributed by atoms with Crippen molar-refractivity contribution in [2.45, 2.75) is 19.9 Å². The van der Waals surface area contributed by atoms with Crippen molar-refractivity contribution in [1.29, 1.82) is 5.26 Å². The van der Waals surface area contributed by atoms with Gasteiger partial charge >= 0.3 is 0 Å². The minimum atomic E-state index is -0.546. The lowest BCUT2D eigenvalue weighted by Crippen LogP contribution is -2.29. The number of rotatable bonds is 5. The van der Waals surface area contributed by atoms with E-state index in [4.69, 9.17) is 9.78 Å². The van der Waals surface area contributed by atoms with Crippen LogP contribution in [0.15, 0.2) is 59.4 Å². The van der Waals surface area contributed by atoms with Crippen LogP contribution in [0.5, 0.6) is 0 Å². The molecule has 3 rings (SSSR count).